The molecular weight excluding hydrogens is 188 g/mol. The van der Waals surface area contributed by atoms with Crippen LogP contribution in [0.4, 0.5) is 0 Å². The molecule has 0 aromatic heterocycles. The molecule has 4 nitrogen and oxygen atoms in total. The average molecular weight is 210 g/mol. The zero-order valence-corrected chi connectivity index (χ0v) is 9.41. The first-order valence-corrected chi connectivity index (χ1v) is 5.91. The molecule has 2 aliphatic rings. The second-order valence-electron chi connectivity index (χ2n) is 4.50. The first kappa shape index (κ1) is 10.8. The first-order chi connectivity index (χ1) is 7.27. The summed E-state index contributed by atoms with van der Waals surface area (Å²) in [6.45, 7) is 10.6. The van der Waals surface area contributed by atoms with Crippen LogP contribution >= 0.6 is 0 Å². The Kier molecular flexibility index (Phi) is 3.49. The second-order valence-corrected chi connectivity index (χ2v) is 4.50. The van der Waals surface area contributed by atoms with Crippen molar-refractivity contribution < 1.29 is 0 Å². The van der Waals surface area contributed by atoms with Gasteiger partial charge in [-0.3, -0.25) is 4.90 Å². The number of piperazine rings is 1. The summed E-state index contributed by atoms with van der Waals surface area (Å²) in [5.41, 5.74) is 5.70. The maximum absolute atomic E-state index is 5.70. The maximum atomic E-state index is 5.70. The summed E-state index contributed by atoms with van der Waals surface area (Å²) in [6.07, 6.45) is 2.46. The van der Waals surface area contributed by atoms with E-state index in [-0.39, 0.29) is 0 Å². The highest BCUT2D eigenvalue weighted by Crippen LogP contribution is 2.17. The van der Waals surface area contributed by atoms with Crippen LogP contribution in [0.2, 0.25) is 0 Å². The molecule has 0 spiro atoms. The third-order valence-corrected chi connectivity index (χ3v) is 3.54. The van der Waals surface area contributed by atoms with Crippen LogP contribution < -0.4 is 11.1 Å². The van der Waals surface area contributed by atoms with Gasteiger partial charge in [0.1, 0.15) is 0 Å². The van der Waals surface area contributed by atoms with Crippen molar-refractivity contribution in [3.63, 3.8) is 0 Å². The molecule has 2 saturated heterocycles. The minimum absolute atomic E-state index is 0.730. The van der Waals surface area contributed by atoms with Crippen molar-refractivity contribution in [3.05, 3.63) is 12.4 Å². The number of nitrogens with one attached hydrogen (secondary N) is 1. The van der Waals surface area contributed by atoms with Crippen molar-refractivity contribution >= 4 is 0 Å². The van der Waals surface area contributed by atoms with Crippen LogP contribution in [0.15, 0.2) is 12.4 Å². The van der Waals surface area contributed by atoms with Crippen LogP contribution in [0.5, 0.6) is 0 Å². The number of nitrogens with zero attached hydrogens (tertiary/aromatic N) is 2. The molecule has 0 aliphatic carbocycles. The minimum atomic E-state index is 0.730. The molecule has 3 N–H and O–H groups in total. The lowest BCUT2D eigenvalue weighted by atomic mass is 10.0. The third kappa shape index (κ3) is 2.63. The van der Waals surface area contributed by atoms with E-state index in [9.17, 15) is 0 Å². The van der Waals surface area contributed by atoms with Gasteiger partial charge in [0, 0.05) is 45.3 Å². The monoisotopic (exact) mass is 210 g/mol. The van der Waals surface area contributed by atoms with Crippen LogP contribution in [0.25, 0.3) is 0 Å². The standard InChI is InChI=1S/C11H22N4/c1-10(12)14-6-2-11(3-7-14)15-8-4-13-5-9-15/h11,13H,1-9,12H2. The lowest BCUT2D eigenvalue weighted by Gasteiger charge is -2.40. The number of hydrogen-bond acceptors (Lipinski definition) is 4. The molecule has 0 aromatic carbocycles. The van der Waals surface area contributed by atoms with Crippen LogP contribution in [-0.4, -0.2) is 55.1 Å². The summed E-state index contributed by atoms with van der Waals surface area (Å²) in [5, 5.41) is 3.39. The number of likely N-dealkylation sites (tertiary alicyclic amines) is 1. The molecule has 0 radical (unpaired) electrons. The van der Waals surface area contributed by atoms with Gasteiger partial charge < -0.3 is 16.0 Å². The normalized spacial score (nSPS) is 25.5. The van der Waals surface area contributed by atoms with Gasteiger partial charge in [0.25, 0.3) is 0 Å². The summed E-state index contributed by atoms with van der Waals surface area (Å²) in [7, 11) is 0. The van der Waals surface area contributed by atoms with Gasteiger partial charge in [-0.05, 0) is 12.8 Å². The van der Waals surface area contributed by atoms with Gasteiger partial charge in [0.05, 0.1) is 5.82 Å². The Morgan fingerprint density at radius 2 is 1.73 bits per heavy atom. The number of hydrogen-bond donors (Lipinski definition) is 2. The van der Waals surface area contributed by atoms with Gasteiger partial charge in [0.15, 0.2) is 0 Å². The molecule has 4 heteroatoms. The molecule has 0 aromatic rings. The smallest absolute Gasteiger partial charge is 0.0912 e. The Hall–Kier alpha value is -0.740. The largest absolute Gasteiger partial charge is 0.386 e. The van der Waals surface area contributed by atoms with Crippen molar-refractivity contribution in [1.82, 2.24) is 15.1 Å². The SMILES string of the molecule is C=C(N)N1CCC(N2CCNCC2)CC1. The lowest BCUT2D eigenvalue weighted by molar-refractivity contribution is 0.111. The van der Waals surface area contributed by atoms with E-state index >= 15 is 0 Å². The highest BCUT2D eigenvalue weighted by molar-refractivity contribution is 4.92. The number of rotatable bonds is 2. The minimum Gasteiger partial charge on any atom is -0.386 e. The first-order valence-electron chi connectivity index (χ1n) is 5.91. The number of nitrogens with two attached hydrogens (primary N) is 1. The Balaban J connectivity index is 1.79. The van der Waals surface area contributed by atoms with E-state index in [1.807, 2.05) is 0 Å². The van der Waals surface area contributed by atoms with E-state index in [0.717, 1.165) is 38.0 Å². The van der Waals surface area contributed by atoms with Gasteiger partial charge in [-0.1, -0.05) is 6.58 Å². The van der Waals surface area contributed by atoms with Crippen LogP contribution in [-0.2, 0) is 0 Å². The predicted molar refractivity (Wildman–Crippen MR) is 62.4 cm³/mol. The van der Waals surface area contributed by atoms with E-state index in [1.54, 1.807) is 0 Å². The molecule has 2 rings (SSSR count). The van der Waals surface area contributed by atoms with Crippen LogP contribution in [0.3, 0.4) is 0 Å². The maximum Gasteiger partial charge on any atom is 0.0912 e. The fourth-order valence-corrected chi connectivity index (χ4v) is 2.57. The van der Waals surface area contributed by atoms with Crippen molar-refractivity contribution in [3.8, 4) is 0 Å². The van der Waals surface area contributed by atoms with Crippen molar-refractivity contribution in [2.24, 2.45) is 5.73 Å². The molecular formula is C11H22N4. The fourth-order valence-electron chi connectivity index (χ4n) is 2.57. The van der Waals surface area contributed by atoms with Gasteiger partial charge in [-0.15, -0.1) is 0 Å². The van der Waals surface area contributed by atoms with Crippen molar-refractivity contribution in [2.45, 2.75) is 18.9 Å². The molecule has 2 aliphatic heterocycles. The molecule has 0 saturated carbocycles. The van der Waals surface area contributed by atoms with Gasteiger partial charge >= 0.3 is 0 Å². The molecule has 15 heavy (non-hydrogen) atoms. The zero-order valence-electron chi connectivity index (χ0n) is 9.41. The van der Waals surface area contributed by atoms with Crippen molar-refractivity contribution in [1.29, 1.82) is 0 Å². The van der Waals surface area contributed by atoms with Crippen LogP contribution in [0, 0.1) is 0 Å². The number of piperidine rings is 1. The lowest BCUT2D eigenvalue weighted by Crippen LogP contribution is -2.52. The Labute approximate surface area is 92.1 Å². The summed E-state index contributed by atoms with van der Waals surface area (Å²) in [6, 6.07) is 0.766. The van der Waals surface area contributed by atoms with Gasteiger partial charge in [0.2, 0.25) is 0 Å². The second kappa shape index (κ2) is 4.86. The summed E-state index contributed by atoms with van der Waals surface area (Å²) in [5.74, 6) is 0.730. The quantitative estimate of drug-likeness (QED) is 0.662. The average Bonchev–Trinajstić information content (AvgIpc) is 2.30. The summed E-state index contributed by atoms with van der Waals surface area (Å²) in [4.78, 5) is 4.81. The Morgan fingerprint density at radius 3 is 2.27 bits per heavy atom. The third-order valence-electron chi connectivity index (χ3n) is 3.54. The van der Waals surface area contributed by atoms with E-state index in [0.29, 0.717) is 0 Å². The van der Waals surface area contributed by atoms with E-state index in [2.05, 4.69) is 21.7 Å². The molecule has 0 bridgehead atoms. The van der Waals surface area contributed by atoms with Crippen LogP contribution in [0.1, 0.15) is 12.8 Å². The molecule has 2 fully saturated rings. The van der Waals surface area contributed by atoms with Gasteiger partial charge in [-0.2, -0.15) is 0 Å². The van der Waals surface area contributed by atoms with E-state index in [4.69, 9.17) is 5.73 Å². The fraction of sp³-hybridized carbons (Fsp3) is 0.818. The van der Waals surface area contributed by atoms with E-state index in [1.165, 1.54) is 25.9 Å². The Bertz CT molecular complexity index is 215. The van der Waals surface area contributed by atoms with Gasteiger partial charge in [-0.25, -0.2) is 0 Å². The molecule has 2 heterocycles. The summed E-state index contributed by atoms with van der Waals surface area (Å²) < 4.78 is 0. The molecule has 0 unspecified atom stereocenters. The molecule has 86 valence electrons. The highest BCUT2D eigenvalue weighted by atomic mass is 15.3. The molecule has 0 amide bonds. The topological polar surface area (TPSA) is 44.5 Å². The molecule has 0 atom stereocenters. The van der Waals surface area contributed by atoms with Crippen molar-refractivity contribution in [2.75, 3.05) is 39.3 Å². The van der Waals surface area contributed by atoms with E-state index < -0.39 is 0 Å². The Morgan fingerprint density at radius 1 is 1.13 bits per heavy atom. The predicted octanol–water partition coefficient (Wildman–Crippen LogP) is -0.214. The highest BCUT2D eigenvalue weighted by Gasteiger charge is 2.25. The summed E-state index contributed by atoms with van der Waals surface area (Å²) >= 11 is 0. The zero-order chi connectivity index (χ0) is 10.7.